The van der Waals surface area contributed by atoms with Crippen LogP contribution in [0, 0.1) is 0 Å². The Labute approximate surface area is 115 Å². The molecule has 0 amide bonds. The van der Waals surface area contributed by atoms with Crippen LogP contribution in [0.4, 0.5) is 13.2 Å². The van der Waals surface area contributed by atoms with Gasteiger partial charge in [0.05, 0.1) is 5.57 Å². The summed E-state index contributed by atoms with van der Waals surface area (Å²) < 4.78 is 43.2. The number of hydrogen-bond donors (Lipinski definition) is 0. The Morgan fingerprint density at radius 3 is 2.35 bits per heavy atom. The number of rotatable bonds is 4. The Morgan fingerprint density at radius 1 is 1.00 bits per heavy atom. The van der Waals surface area contributed by atoms with Crippen molar-refractivity contribution in [1.29, 1.82) is 0 Å². The van der Waals surface area contributed by atoms with Crippen LogP contribution in [-0.2, 0) is 6.61 Å². The van der Waals surface area contributed by atoms with Crippen LogP contribution in [0.2, 0.25) is 0 Å². The standard InChI is InChI=1S/C16H13F3O/c1-12(16(17,18)19)14-8-5-9-15(10-14)20-11-13-6-3-2-4-7-13/h2-10H,1,11H2. The number of benzene rings is 2. The normalized spacial score (nSPS) is 11.2. The monoisotopic (exact) mass is 278 g/mol. The van der Waals surface area contributed by atoms with Crippen molar-refractivity contribution in [1.82, 2.24) is 0 Å². The molecule has 0 bridgehead atoms. The number of allylic oxidation sites excluding steroid dienone is 1. The number of hydrogen-bond acceptors (Lipinski definition) is 1. The second kappa shape index (κ2) is 5.82. The quantitative estimate of drug-likeness (QED) is 0.777. The van der Waals surface area contributed by atoms with E-state index in [1.165, 1.54) is 18.2 Å². The maximum atomic E-state index is 12.6. The minimum Gasteiger partial charge on any atom is -0.489 e. The zero-order valence-electron chi connectivity index (χ0n) is 10.7. The first-order valence-electron chi connectivity index (χ1n) is 6.00. The van der Waals surface area contributed by atoms with Crippen LogP contribution in [0.5, 0.6) is 5.75 Å². The third-order valence-corrected chi connectivity index (χ3v) is 2.77. The predicted molar refractivity (Wildman–Crippen MR) is 72.3 cm³/mol. The third kappa shape index (κ3) is 3.63. The summed E-state index contributed by atoms with van der Waals surface area (Å²) in [6.45, 7) is 3.38. The van der Waals surface area contributed by atoms with Crippen LogP contribution in [-0.4, -0.2) is 6.18 Å². The van der Waals surface area contributed by atoms with Crippen molar-refractivity contribution < 1.29 is 17.9 Å². The van der Waals surface area contributed by atoms with E-state index in [1.807, 2.05) is 30.3 Å². The summed E-state index contributed by atoms with van der Waals surface area (Å²) in [7, 11) is 0. The van der Waals surface area contributed by atoms with E-state index in [0.717, 1.165) is 5.56 Å². The Morgan fingerprint density at radius 2 is 1.70 bits per heavy atom. The molecule has 0 unspecified atom stereocenters. The lowest BCUT2D eigenvalue weighted by molar-refractivity contribution is -0.0686. The molecule has 2 rings (SSSR count). The highest BCUT2D eigenvalue weighted by atomic mass is 19.4. The average Bonchev–Trinajstić information content (AvgIpc) is 2.45. The highest BCUT2D eigenvalue weighted by Crippen LogP contribution is 2.33. The van der Waals surface area contributed by atoms with Crippen LogP contribution in [0.25, 0.3) is 5.57 Å². The molecule has 4 heteroatoms. The fourth-order valence-electron chi connectivity index (χ4n) is 1.68. The highest BCUT2D eigenvalue weighted by Gasteiger charge is 2.32. The number of halogens is 3. The van der Waals surface area contributed by atoms with E-state index in [1.54, 1.807) is 6.07 Å². The lowest BCUT2D eigenvalue weighted by Crippen LogP contribution is -2.09. The Bertz CT molecular complexity index is 588. The molecule has 0 saturated carbocycles. The van der Waals surface area contributed by atoms with Gasteiger partial charge in [0.15, 0.2) is 0 Å². The number of alkyl halides is 3. The first-order chi connectivity index (χ1) is 9.47. The van der Waals surface area contributed by atoms with Gasteiger partial charge in [-0.05, 0) is 23.3 Å². The van der Waals surface area contributed by atoms with Crippen molar-refractivity contribution in [3.63, 3.8) is 0 Å². The summed E-state index contributed by atoms with van der Waals surface area (Å²) in [5, 5.41) is 0. The van der Waals surface area contributed by atoms with Crippen molar-refractivity contribution in [2.75, 3.05) is 0 Å². The lowest BCUT2D eigenvalue weighted by atomic mass is 10.1. The fourth-order valence-corrected chi connectivity index (χ4v) is 1.68. The molecule has 0 atom stereocenters. The van der Waals surface area contributed by atoms with E-state index in [2.05, 4.69) is 6.58 Å². The first kappa shape index (κ1) is 14.2. The smallest absolute Gasteiger partial charge is 0.416 e. The van der Waals surface area contributed by atoms with Gasteiger partial charge in [0, 0.05) is 0 Å². The van der Waals surface area contributed by atoms with E-state index in [9.17, 15) is 13.2 Å². The first-order valence-corrected chi connectivity index (χ1v) is 6.00. The minimum atomic E-state index is -4.43. The summed E-state index contributed by atoms with van der Waals surface area (Å²) in [5.74, 6) is 0.386. The molecule has 1 nitrogen and oxygen atoms in total. The molecular weight excluding hydrogens is 265 g/mol. The molecule has 104 valence electrons. The van der Waals surface area contributed by atoms with Gasteiger partial charge in [-0.1, -0.05) is 49.0 Å². The summed E-state index contributed by atoms with van der Waals surface area (Å²) in [6, 6.07) is 15.3. The number of ether oxygens (including phenoxy) is 1. The lowest BCUT2D eigenvalue weighted by Gasteiger charge is -2.12. The molecule has 0 aliphatic rings. The summed E-state index contributed by atoms with van der Waals surface area (Å²) in [5.41, 5.74) is 0.0956. The third-order valence-electron chi connectivity index (χ3n) is 2.77. The summed E-state index contributed by atoms with van der Waals surface area (Å²) in [4.78, 5) is 0. The predicted octanol–water partition coefficient (Wildman–Crippen LogP) is 4.84. The molecule has 0 spiro atoms. The second-order valence-corrected chi connectivity index (χ2v) is 4.28. The van der Waals surface area contributed by atoms with Crippen molar-refractivity contribution in [2.45, 2.75) is 12.8 Å². The van der Waals surface area contributed by atoms with E-state index in [4.69, 9.17) is 4.74 Å². The molecule has 20 heavy (non-hydrogen) atoms. The van der Waals surface area contributed by atoms with Crippen LogP contribution >= 0.6 is 0 Å². The van der Waals surface area contributed by atoms with E-state index in [0.29, 0.717) is 12.4 Å². The Balaban J connectivity index is 2.09. The van der Waals surface area contributed by atoms with Gasteiger partial charge in [0.1, 0.15) is 12.4 Å². The summed E-state index contributed by atoms with van der Waals surface area (Å²) in [6.07, 6.45) is -4.43. The Hall–Kier alpha value is -2.23. The molecular formula is C16H13F3O. The molecule has 0 aliphatic carbocycles. The van der Waals surface area contributed by atoms with Crippen LogP contribution < -0.4 is 4.74 Å². The molecule has 0 aliphatic heterocycles. The van der Waals surface area contributed by atoms with E-state index >= 15 is 0 Å². The van der Waals surface area contributed by atoms with Gasteiger partial charge in [-0.25, -0.2) is 0 Å². The molecule has 0 saturated heterocycles. The van der Waals surface area contributed by atoms with Crippen molar-refractivity contribution in [3.8, 4) is 5.75 Å². The molecule has 0 fully saturated rings. The van der Waals surface area contributed by atoms with Gasteiger partial charge in [-0.15, -0.1) is 0 Å². The average molecular weight is 278 g/mol. The Kier molecular flexibility index (Phi) is 4.13. The minimum absolute atomic E-state index is 0.0167. The maximum Gasteiger partial charge on any atom is 0.416 e. The zero-order chi connectivity index (χ0) is 14.6. The van der Waals surface area contributed by atoms with Crippen molar-refractivity contribution in [3.05, 3.63) is 72.3 Å². The zero-order valence-corrected chi connectivity index (χ0v) is 10.7. The molecule has 0 aromatic heterocycles. The molecule has 0 radical (unpaired) electrons. The molecule has 0 N–H and O–H groups in total. The van der Waals surface area contributed by atoms with Gasteiger partial charge in [0.25, 0.3) is 0 Å². The molecule has 2 aromatic carbocycles. The van der Waals surface area contributed by atoms with Crippen LogP contribution in [0.3, 0.4) is 0 Å². The van der Waals surface area contributed by atoms with Gasteiger partial charge < -0.3 is 4.74 Å². The molecule has 2 aromatic rings. The van der Waals surface area contributed by atoms with Crippen molar-refractivity contribution >= 4 is 5.57 Å². The highest BCUT2D eigenvalue weighted by molar-refractivity contribution is 5.68. The fraction of sp³-hybridized carbons (Fsp3) is 0.125. The topological polar surface area (TPSA) is 9.23 Å². The largest absolute Gasteiger partial charge is 0.489 e. The van der Waals surface area contributed by atoms with Crippen molar-refractivity contribution in [2.24, 2.45) is 0 Å². The summed E-state index contributed by atoms with van der Waals surface area (Å²) >= 11 is 0. The van der Waals surface area contributed by atoms with Crippen LogP contribution in [0.1, 0.15) is 11.1 Å². The SMILES string of the molecule is C=C(c1cccc(OCc2ccccc2)c1)C(F)(F)F. The van der Waals surface area contributed by atoms with Gasteiger partial charge in [0.2, 0.25) is 0 Å². The molecule has 0 heterocycles. The van der Waals surface area contributed by atoms with Gasteiger partial charge >= 0.3 is 6.18 Å². The van der Waals surface area contributed by atoms with E-state index < -0.39 is 11.7 Å². The van der Waals surface area contributed by atoms with Crippen LogP contribution in [0.15, 0.2) is 61.2 Å². The van der Waals surface area contributed by atoms with E-state index in [-0.39, 0.29) is 5.56 Å². The van der Waals surface area contributed by atoms with Gasteiger partial charge in [-0.2, -0.15) is 13.2 Å². The van der Waals surface area contributed by atoms with Gasteiger partial charge in [-0.3, -0.25) is 0 Å². The maximum absolute atomic E-state index is 12.6. The second-order valence-electron chi connectivity index (χ2n) is 4.28.